The van der Waals surface area contributed by atoms with E-state index in [0.29, 0.717) is 69.2 Å². The number of aromatic nitrogens is 4. The van der Waals surface area contributed by atoms with Gasteiger partial charge in [0.1, 0.15) is 23.0 Å². The first kappa shape index (κ1) is 70.1. The highest BCUT2D eigenvalue weighted by Crippen LogP contribution is 2.54. The molecule has 107 heavy (non-hydrogen) atoms. The number of fused-ring (bicyclic) bond motifs is 10. The van der Waals surface area contributed by atoms with E-state index < -0.39 is 22.6 Å². The first-order valence-electron chi connectivity index (χ1n) is 37.5. The number of hydrogen-bond acceptors (Lipinski definition) is 7. The van der Waals surface area contributed by atoms with Crippen molar-refractivity contribution in [1.82, 2.24) is 19.9 Å². The molecule has 0 radical (unpaired) electrons. The van der Waals surface area contributed by atoms with Gasteiger partial charge in [-0.3, -0.25) is 19.6 Å². The number of aromatic amines is 2. The number of methoxy groups -OCH3 is 1. The number of nitrogens with zero attached hydrogens (tertiary/aromatic N) is 3. The first-order valence-corrected chi connectivity index (χ1v) is 37.5. The van der Waals surface area contributed by atoms with Crippen molar-refractivity contribution in [3.8, 4) is 62.8 Å². The minimum atomic E-state index is -0.451. The number of benzene rings is 10. The zero-order valence-corrected chi connectivity index (χ0v) is 65.1. The SMILES string of the molecule is COc1c2nc(cc3[nH]c(cc3-c3ccc(C)cc3)c(C#Cc3ccc4c5c(Oc6ccc(C(C)(C)C)cc6)cc6c7c(cc(Oc8ccc(C(C)(C)C)cc8)c(c8cccc3c84)c75)C(=O)N(c3cc(C(C)(C)C)ccc3C(C)(C)C)C6=O)c3nc(cc4[nH]c1cc4-c1ccc(C)cc1)C(C)(C)C3)C(C)(C)C2. The number of carbonyl (C=O) groups excluding carboxylic acids is 2. The van der Waals surface area contributed by atoms with Gasteiger partial charge in [0.15, 0.2) is 5.75 Å². The third kappa shape index (κ3) is 12.3. The normalized spacial score (nSPS) is 14.5. The lowest BCUT2D eigenvalue weighted by atomic mass is 9.79. The van der Waals surface area contributed by atoms with E-state index in [1.54, 1.807) is 7.11 Å². The highest BCUT2D eigenvalue weighted by Gasteiger charge is 2.41. The lowest BCUT2D eigenvalue weighted by Gasteiger charge is -2.34. The second-order valence-electron chi connectivity index (χ2n) is 35.4. The number of hydrogen-bond donors (Lipinski definition) is 2. The van der Waals surface area contributed by atoms with Crippen molar-refractivity contribution in [3.63, 3.8) is 0 Å². The van der Waals surface area contributed by atoms with Crippen molar-refractivity contribution in [3.05, 3.63) is 260 Å². The van der Waals surface area contributed by atoms with Gasteiger partial charge in [0.25, 0.3) is 11.8 Å². The van der Waals surface area contributed by atoms with Gasteiger partial charge in [-0.05, 0) is 163 Å². The molecule has 8 bridgehead atoms. The summed E-state index contributed by atoms with van der Waals surface area (Å²) < 4.78 is 21.0. The number of imide groups is 1. The zero-order valence-electron chi connectivity index (χ0n) is 65.1. The van der Waals surface area contributed by atoms with Gasteiger partial charge in [-0.25, -0.2) is 4.90 Å². The van der Waals surface area contributed by atoms with E-state index >= 15 is 9.59 Å². The summed E-state index contributed by atoms with van der Waals surface area (Å²) in [5.41, 5.74) is 18.8. The van der Waals surface area contributed by atoms with Gasteiger partial charge >= 0.3 is 0 Å². The van der Waals surface area contributed by atoms with Crippen molar-refractivity contribution < 1.29 is 23.8 Å². The molecule has 6 heterocycles. The number of amides is 2. The molecule has 0 fully saturated rings. The van der Waals surface area contributed by atoms with Crippen molar-refractivity contribution in [1.29, 1.82) is 0 Å². The summed E-state index contributed by atoms with van der Waals surface area (Å²) in [4.78, 5) is 52.9. The number of aryl methyl sites for hydroxylation is 2. The molecule has 2 amide bonds. The molecule has 0 saturated heterocycles. The topological polar surface area (TPSA) is 122 Å². The van der Waals surface area contributed by atoms with E-state index in [9.17, 15) is 0 Å². The lowest BCUT2D eigenvalue weighted by molar-refractivity contribution is 0.0892. The predicted molar refractivity (Wildman–Crippen MR) is 440 cm³/mol. The van der Waals surface area contributed by atoms with E-state index in [2.05, 4.69) is 286 Å². The van der Waals surface area contributed by atoms with Crippen LogP contribution >= 0.6 is 0 Å². The third-order valence-corrected chi connectivity index (χ3v) is 22.3. The lowest BCUT2D eigenvalue weighted by Crippen LogP contribution is -2.42. The summed E-state index contributed by atoms with van der Waals surface area (Å²) in [6.45, 7) is 39.3. The highest BCUT2D eigenvalue weighted by molar-refractivity contribution is 6.44. The first-order chi connectivity index (χ1) is 50.6. The largest absolute Gasteiger partial charge is 0.493 e. The number of carbonyl (C=O) groups is 2. The number of H-pyrrole nitrogens is 2. The Morgan fingerprint density at radius 3 is 1.40 bits per heavy atom. The van der Waals surface area contributed by atoms with E-state index in [1.807, 2.05) is 42.5 Å². The molecule has 0 aliphatic carbocycles. The Labute approximate surface area is 628 Å². The Kier molecular flexibility index (Phi) is 16.3. The molecule has 10 aromatic carbocycles. The van der Waals surface area contributed by atoms with Crippen molar-refractivity contribution >= 4 is 82.7 Å². The Morgan fingerprint density at radius 2 is 0.897 bits per heavy atom. The van der Waals surface area contributed by atoms with Gasteiger partial charge in [-0.1, -0.05) is 243 Å². The van der Waals surface area contributed by atoms with Gasteiger partial charge in [-0.15, -0.1) is 0 Å². The molecule has 10 nitrogen and oxygen atoms in total. The fourth-order valence-corrected chi connectivity index (χ4v) is 16.1. The van der Waals surface area contributed by atoms with E-state index in [4.69, 9.17) is 24.2 Å². The van der Waals surface area contributed by atoms with Crippen LogP contribution < -0.4 is 19.1 Å². The highest BCUT2D eigenvalue weighted by atomic mass is 16.5. The third-order valence-electron chi connectivity index (χ3n) is 22.3. The maximum atomic E-state index is 16.3. The van der Waals surface area contributed by atoms with E-state index in [0.717, 1.165) is 133 Å². The maximum absolute atomic E-state index is 16.3. The molecule has 16 rings (SSSR count). The molecule has 3 aromatic heterocycles. The Balaban J connectivity index is 0.991. The molecule has 536 valence electrons. The fraction of sp³-hybridized carbons (Fsp3) is 0.278. The standard InChI is InChI=1S/C97H93N5O5/c1-54-23-27-57(28-24-54)68-46-73-65(77-52-96(15,16)82(100-77)51-75-69(58-29-25-55(2)26-30-58)47-76(99-75)89(105-19)78-53-97(17,18)83(101-78)50-74(68)98-73)42-31-56-32-43-67-84-64(56)21-20-22-66(84)86-80(106-62-38-33-59(34-39-62)92(3,4)5)48-70-85-71(49-81(87(67)88(85)86)107-63-40-35-60(36-41-63)93(6,7)8)91(104)102(90(70)103)79-45-61(94(9,10)11)37-44-72(79)95(12,13)14/h20-30,32-41,43-51,98-99H,52-53H2,1-19H3. The van der Waals surface area contributed by atoms with Crippen LogP contribution in [0.5, 0.6) is 28.7 Å². The molecule has 2 N–H and O–H groups in total. The van der Waals surface area contributed by atoms with Crippen LogP contribution in [0, 0.1) is 25.7 Å². The van der Waals surface area contributed by atoms with E-state index in [1.165, 1.54) is 16.0 Å². The Morgan fingerprint density at radius 1 is 0.430 bits per heavy atom. The molecule has 0 unspecified atom stereocenters. The maximum Gasteiger partial charge on any atom is 0.266 e. The summed E-state index contributed by atoms with van der Waals surface area (Å²) >= 11 is 0. The quantitative estimate of drug-likeness (QED) is 0.0672. The summed E-state index contributed by atoms with van der Waals surface area (Å²) in [6, 6.07) is 63.4. The molecule has 0 spiro atoms. The molecule has 10 heteroatoms. The minimum Gasteiger partial charge on any atom is -0.493 e. The molecule has 13 aromatic rings. The second kappa shape index (κ2) is 24.9. The van der Waals surface area contributed by atoms with Crippen LogP contribution in [0.1, 0.15) is 199 Å². The molecular formula is C97H93N5O5. The Bertz CT molecular complexity index is 5990. The zero-order chi connectivity index (χ0) is 75.5. The number of nitrogens with one attached hydrogen (secondary N) is 2. The van der Waals surface area contributed by atoms with Crippen LogP contribution in [-0.4, -0.2) is 38.9 Å². The number of anilines is 1. The second-order valence-corrected chi connectivity index (χ2v) is 35.4. The molecule has 0 saturated carbocycles. The van der Waals surface area contributed by atoms with Crippen LogP contribution in [0.3, 0.4) is 0 Å². The molecule has 0 atom stereocenters. The van der Waals surface area contributed by atoms with Gasteiger partial charge in [-0.2, -0.15) is 0 Å². The van der Waals surface area contributed by atoms with E-state index in [-0.39, 0.29) is 21.7 Å². The summed E-state index contributed by atoms with van der Waals surface area (Å²) in [6.07, 6.45) is 1.26. The van der Waals surface area contributed by atoms with Crippen LogP contribution in [-0.2, 0) is 45.3 Å². The van der Waals surface area contributed by atoms with Crippen molar-refractivity contribution in [2.45, 2.75) is 170 Å². The molecular weight excluding hydrogens is 1320 g/mol. The molecule has 3 aliphatic heterocycles. The van der Waals surface area contributed by atoms with Gasteiger partial charge < -0.3 is 24.2 Å². The Hall–Kier alpha value is -11.3. The summed E-state index contributed by atoms with van der Waals surface area (Å²) in [5.74, 6) is 9.67. The van der Waals surface area contributed by atoms with Crippen LogP contribution in [0.25, 0.3) is 87.4 Å². The smallest absolute Gasteiger partial charge is 0.266 e. The van der Waals surface area contributed by atoms with Crippen molar-refractivity contribution in [2.75, 3.05) is 12.0 Å². The average molecular weight is 1410 g/mol. The number of ether oxygens (including phenoxy) is 3. The van der Waals surface area contributed by atoms with Crippen LogP contribution in [0.4, 0.5) is 5.69 Å². The monoisotopic (exact) mass is 1410 g/mol. The fourth-order valence-electron chi connectivity index (χ4n) is 16.1. The molecule has 3 aliphatic rings. The van der Waals surface area contributed by atoms with Gasteiger partial charge in [0, 0.05) is 84.3 Å². The number of rotatable bonds is 8. The van der Waals surface area contributed by atoms with Crippen LogP contribution in [0.2, 0.25) is 0 Å². The predicted octanol–water partition coefficient (Wildman–Crippen LogP) is 24.3. The summed E-state index contributed by atoms with van der Waals surface area (Å²) in [5, 5.41) is 6.25. The average Bonchev–Trinajstić information content (AvgIpc) is 0.872. The van der Waals surface area contributed by atoms with Crippen molar-refractivity contribution in [2.24, 2.45) is 0 Å². The van der Waals surface area contributed by atoms with Gasteiger partial charge in [0.2, 0.25) is 0 Å². The van der Waals surface area contributed by atoms with Gasteiger partial charge in [0.05, 0.1) is 51.9 Å². The summed E-state index contributed by atoms with van der Waals surface area (Å²) in [7, 11) is 1.74. The van der Waals surface area contributed by atoms with Crippen LogP contribution in [0.15, 0.2) is 182 Å². The minimum absolute atomic E-state index is 0.121.